The van der Waals surface area contributed by atoms with Crippen molar-refractivity contribution in [2.24, 2.45) is 5.92 Å². The largest absolute Gasteiger partial charge is 0.422 e. The summed E-state index contributed by atoms with van der Waals surface area (Å²) in [6.07, 6.45) is -0.128. The van der Waals surface area contributed by atoms with E-state index in [0.29, 0.717) is 25.2 Å². The van der Waals surface area contributed by atoms with Gasteiger partial charge >= 0.3 is 0 Å². The summed E-state index contributed by atoms with van der Waals surface area (Å²) in [6, 6.07) is 3.17. The van der Waals surface area contributed by atoms with Gasteiger partial charge in [-0.25, -0.2) is 8.78 Å². The molecule has 7 nitrogen and oxygen atoms in total. The quantitative estimate of drug-likeness (QED) is 0.674. The van der Waals surface area contributed by atoms with E-state index in [4.69, 9.17) is 4.42 Å². The standard InChI is InChI=1S/C24H32F2N4O3/c1-14-12-29(7-8-30(14)24(32)17-5-4-6-17)13-20-10-19(22(25)26)9-18(15(20)2)11-21-27-28-23(33-21)16(3)31/h9-10,14,16-17,22,31H,4-8,11-13H2,1-3H3/t14-,16-/m0/s1. The van der Waals surface area contributed by atoms with Crippen LogP contribution < -0.4 is 0 Å². The van der Waals surface area contributed by atoms with Gasteiger partial charge in [0.05, 0.1) is 6.42 Å². The lowest BCUT2D eigenvalue weighted by molar-refractivity contribution is -0.142. The first kappa shape index (κ1) is 23.8. The van der Waals surface area contributed by atoms with Crippen molar-refractivity contribution in [1.29, 1.82) is 0 Å². The van der Waals surface area contributed by atoms with Gasteiger partial charge in [0, 0.05) is 43.7 Å². The summed E-state index contributed by atoms with van der Waals surface area (Å²) in [5.41, 5.74) is 2.42. The normalized spacial score (nSPS) is 20.8. The lowest BCUT2D eigenvalue weighted by atomic mass is 9.84. The molecule has 1 saturated carbocycles. The van der Waals surface area contributed by atoms with E-state index < -0.39 is 12.5 Å². The van der Waals surface area contributed by atoms with Crippen LogP contribution in [0.2, 0.25) is 0 Å². The zero-order valence-corrected chi connectivity index (χ0v) is 19.4. The Hall–Kier alpha value is -2.39. The zero-order chi connectivity index (χ0) is 23.7. The van der Waals surface area contributed by atoms with Crippen LogP contribution in [-0.2, 0) is 17.8 Å². The second kappa shape index (κ2) is 9.85. The van der Waals surface area contributed by atoms with Crippen molar-refractivity contribution >= 4 is 5.91 Å². The number of aliphatic hydroxyl groups excluding tert-OH is 1. The topological polar surface area (TPSA) is 82.7 Å². The average Bonchev–Trinajstić information content (AvgIpc) is 3.18. The lowest BCUT2D eigenvalue weighted by Gasteiger charge is -2.42. The minimum atomic E-state index is -2.59. The first-order chi connectivity index (χ1) is 15.7. The number of aromatic nitrogens is 2. The molecule has 0 unspecified atom stereocenters. The molecular formula is C24H32F2N4O3. The van der Waals surface area contributed by atoms with Gasteiger partial charge in [-0.1, -0.05) is 6.42 Å². The van der Waals surface area contributed by atoms with Gasteiger partial charge in [0.15, 0.2) is 0 Å². The monoisotopic (exact) mass is 462 g/mol. The van der Waals surface area contributed by atoms with Crippen molar-refractivity contribution in [3.63, 3.8) is 0 Å². The van der Waals surface area contributed by atoms with Crippen LogP contribution in [0.5, 0.6) is 0 Å². The SMILES string of the molecule is Cc1c(Cc2nnc([C@H](C)O)o2)cc(C(F)F)cc1CN1CCN(C(=O)C2CCC2)[C@@H](C)C1. The van der Waals surface area contributed by atoms with Crippen molar-refractivity contribution in [2.75, 3.05) is 19.6 Å². The Labute approximate surface area is 192 Å². The molecule has 180 valence electrons. The Kier molecular flexibility index (Phi) is 7.09. The van der Waals surface area contributed by atoms with Gasteiger partial charge in [0.1, 0.15) is 6.10 Å². The fourth-order valence-corrected chi connectivity index (χ4v) is 4.65. The highest BCUT2D eigenvalue weighted by molar-refractivity contribution is 5.80. The molecule has 2 aromatic rings. The van der Waals surface area contributed by atoms with E-state index in [1.54, 1.807) is 6.07 Å². The van der Waals surface area contributed by atoms with Crippen LogP contribution in [0, 0.1) is 12.8 Å². The summed E-state index contributed by atoms with van der Waals surface area (Å²) in [4.78, 5) is 16.9. The molecule has 1 saturated heterocycles. The molecule has 1 aromatic carbocycles. The third kappa shape index (κ3) is 5.24. The number of alkyl halides is 2. The zero-order valence-electron chi connectivity index (χ0n) is 19.4. The number of carbonyl (C=O) groups excluding carboxylic acids is 1. The van der Waals surface area contributed by atoms with Crippen molar-refractivity contribution < 1.29 is 23.1 Å². The first-order valence-electron chi connectivity index (χ1n) is 11.7. The molecule has 2 aliphatic rings. The van der Waals surface area contributed by atoms with Crippen LogP contribution in [-0.4, -0.2) is 56.7 Å². The Morgan fingerprint density at radius 2 is 1.97 bits per heavy atom. The second-order valence-corrected chi connectivity index (χ2v) is 9.40. The number of amides is 1. The molecule has 9 heteroatoms. The molecule has 1 aliphatic heterocycles. The Morgan fingerprint density at radius 1 is 1.24 bits per heavy atom. The van der Waals surface area contributed by atoms with Crippen LogP contribution in [0.15, 0.2) is 16.5 Å². The third-order valence-electron chi connectivity index (χ3n) is 6.92. The van der Waals surface area contributed by atoms with Crippen molar-refractivity contribution in [3.8, 4) is 0 Å². The van der Waals surface area contributed by atoms with E-state index in [2.05, 4.69) is 22.0 Å². The molecule has 1 amide bonds. The minimum Gasteiger partial charge on any atom is -0.422 e. The molecule has 33 heavy (non-hydrogen) atoms. The van der Waals surface area contributed by atoms with Gasteiger partial charge in [-0.15, -0.1) is 10.2 Å². The molecule has 1 aliphatic carbocycles. The molecule has 2 atom stereocenters. The summed E-state index contributed by atoms with van der Waals surface area (Å²) in [6.45, 7) is 8.15. The number of carbonyl (C=O) groups is 1. The number of aliphatic hydroxyl groups is 1. The molecule has 0 bridgehead atoms. The highest BCUT2D eigenvalue weighted by atomic mass is 19.3. The van der Waals surface area contributed by atoms with Gasteiger partial charge < -0.3 is 14.4 Å². The second-order valence-electron chi connectivity index (χ2n) is 9.40. The van der Waals surface area contributed by atoms with Crippen LogP contribution in [0.3, 0.4) is 0 Å². The summed E-state index contributed by atoms with van der Waals surface area (Å²) >= 11 is 0. The first-order valence-corrected chi connectivity index (χ1v) is 11.7. The summed E-state index contributed by atoms with van der Waals surface area (Å²) in [7, 11) is 0. The van der Waals surface area contributed by atoms with Crippen LogP contribution in [0.4, 0.5) is 8.78 Å². The fraction of sp³-hybridized carbons (Fsp3) is 0.625. The summed E-state index contributed by atoms with van der Waals surface area (Å²) < 4.78 is 32.8. The average molecular weight is 463 g/mol. The van der Waals surface area contributed by atoms with Crippen LogP contribution in [0.25, 0.3) is 0 Å². The van der Waals surface area contributed by atoms with E-state index >= 15 is 0 Å². The fourth-order valence-electron chi connectivity index (χ4n) is 4.65. The van der Waals surface area contributed by atoms with E-state index in [1.165, 1.54) is 13.0 Å². The highest BCUT2D eigenvalue weighted by Crippen LogP contribution is 2.31. The van der Waals surface area contributed by atoms with Crippen molar-refractivity contribution in [1.82, 2.24) is 20.0 Å². The highest BCUT2D eigenvalue weighted by Gasteiger charge is 2.34. The molecule has 4 rings (SSSR count). The number of nitrogens with zero attached hydrogens (tertiary/aromatic N) is 4. The maximum Gasteiger partial charge on any atom is 0.263 e. The number of benzene rings is 1. The van der Waals surface area contributed by atoms with E-state index in [0.717, 1.165) is 36.9 Å². The van der Waals surface area contributed by atoms with Gasteiger partial charge in [-0.2, -0.15) is 0 Å². The smallest absolute Gasteiger partial charge is 0.263 e. The Morgan fingerprint density at radius 3 is 2.55 bits per heavy atom. The van der Waals surface area contributed by atoms with Gasteiger partial charge in [0.25, 0.3) is 6.43 Å². The number of hydrogen-bond acceptors (Lipinski definition) is 6. The maximum absolute atomic E-state index is 13.7. The van der Waals surface area contributed by atoms with Gasteiger partial charge in [-0.3, -0.25) is 9.69 Å². The Balaban J connectivity index is 1.49. The summed E-state index contributed by atoms with van der Waals surface area (Å²) in [5, 5.41) is 17.4. The van der Waals surface area contributed by atoms with Crippen molar-refractivity contribution in [2.45, 2.75) is 71.6 Å². The van der Waals surface area contributed by atoms with E-state index in [9.17, 15) is 18.7 Å². The van der Waals surface area contributed by atoms with Crippen molar-refractivity contribution in [3.05, 3.63) is 46.2 Å². The molecule has 0 spiro atoms. The Bertz CT molecular complexity index is 990. The van der Waals surface area contributed by atoms with E-state index in [1.807, 2.05) is 11.8 Å². The number of rotatable bonds is 7. The molecule has 1 aromatic heterocycles. The molecule has 2 heterocycles. The molecule has 0 radical (unpaired) electrons. The van der Waals surface area contributed by atoms with Crippen LogP contribution in [0.1, 0.15) is 79.7 Å². The summed E-state index contributed by atoms with van der Waals surface area (Å²) in [5.74, 6) is 0.840. The predicted molar refractivity (Wildman–Crippen MR) is 118 cm³/mol. The molecule has 1 N–H and O–H groups in total. The maximum atomic E-state index is 13.7. The number of halogens is 2. The molecule has 2 fully saturated rings. The molecular weight excluding hydrogens is 430 g/mol. The lowest BCUT2D eigenvalue weighted by Crippen LogP contribution is -2.55. The van der Waals surface area contributed by atoms with Gasteiger partial charge in [-0.05, 0) is 62.4 Å². The number of piperazine rings is 1. The minimum absolute atomic E-state index is 0.0345. The number of hydrogen-bond donors (Lipinski definition) is 1. The van der Waals surface area contributed by atoms with Gasteiger partial charge in [0.2, 0.25) is 17.7 Å². The van der Waals surface area contributed by atoms with E-state index in [-0.39, 0.29) is 41.6 Å². The predicted octanol–water partition coefficient (Wildman–Crippen LogP) is 3.79. The van der Waals surface area contributed by atoms with Crippen LogP contribution >= 0.6 is 0 Å². The third-order valence-corrected chi connectivity index (χ3v) is 6.92.